The molecule has 2 aliphatic carbocycles. The number of likely N-dealkylation sites (tertiary alicyclic amines) is 1. The van der Waals surface area contributed by atoms with E-state index in [0.717, 1.165) is 38.0 Å². The number of hydrogen-bond donors (Lipinski definition) is 2. The summed E-state index contributed by atoms with van der Waals surface area (Å²) in [5.41, 5.74) is 0. The van der Waals surface area contributed by atoms with E-state index < -0.39 is 0 Å². The van der Waals surface area contributed by atoms with Crippen molar-refractivity contribution in [3.05, 3.63) is 0 Å². The lowest BCUT2D eigenvalue weighted by Gasteiger charge is -2.33. The molecule has 2 saturated carbocycles. The molecule has 0 bridgehead atoms. The molecule has 1 aliphatic heterocycles. The third-order valence-corrected chi connectivity index (χ3v) is 6.11. The summed E-state index contributed by atoms with van der Waals surface area (Å²) in [6.45, 7) is 3.40. The Morgan fingerprint density at radius 1 is 1.22 bits per heavy atom. The van der Waals surface area contributed by atoms with Crippen molar-refractivity contribution in [2.75, 3.05) is 13.1 Å². The van der Waals surface area contributed by atoms with Crippen LogP contribution in [0.4, 0.5) is 0 Å². The van der Waals surface area contributed by atoms with Gasteiger partial charge in [0.1, 0.15) is 0 Å². The predicted molar refractivity (Wildman–Crippen MR) is 87.6 cm³/mol. The molecule has 2 amide bonds. The van der Waals surface area contributed by atoms with Gasteiger partial charge in [0.2, 0.25) is 11.8 Å². The lowest BCUT2D eigenvalue weighted by Crippen LogP contribution is -2.41. The first-order valence-electron chi connectivity index (χ1n) is 9.30. The molecule has 5 heteroatoms. The maximum absolute atomic E-state index is 12.4. The third kappa shape index (κ3) is 3.87. The van der Waals surface area contributed by atoms with Crippen molar-refractivity contribution in [3.8, 4) is 0 Å². The highest BCUT2D eigenvalue weighted by molar-refractivity contribution is 5.89. The third-order valence-electron chi connectivity index (χ3n) is 6.11. The summed E-state index contributed by atoms with van der Waals surface area (Å²) in [7, 11) is 0. The molecule has 3 rings (SSSR count). The smallest absolute Gasteiger partial charge is 0.225 e. The number of amides is 2. The van der Waals surface area contributed by atoms with Crippen molar-refractivity contribution in [1.82, 2.24) is 10.2 Å². The van der Waals surface area contributed by atoms with E-state index in [1.54, 1.807) is 0 Å². The number of aliphatic hydroxyl groups excluding tert-OH is 1. The highest BCUT2D eigenvalue weighted by Crippen LogP contribution is 2.31. The van der Waals surface area contributed by atoms with Gasteiger partial charge in [-0.05, 0) is 44.4 Å². The Kier molecular flexibility index (Phi) is 5.24. The SMILES string of the molecule is CC1CCC(N2CC(C(=O)NCC3CCCC3O)CC2=O)CC1. The number of rotatable bonds is 4. The van der Waals surface area contributed by atoms with Gasteiger partial charge in [-0.3, -0.25) is 9.59 Å². The van der Waals surface area contributed by atoms with Crippen LogP contribution >= 0.6 is 0 Å². The van der Waals surface area contributed by atoms with Crippen molar-refractivity contribution >= 4 is 11.8 Å². The zero-order valence-corrected chi connectivity index (χ0v) is 14.2. The van der Waals surface area contributed by atoms with Gasteiger partial charge in [-0.1, -0.05) is 13.3 Å². The van der Waals surface area contributed by atoms with Crippen molar-refractivity contribution in [1.29, 1.82) is 0 Å². The zero-order valence-electron chi connectivity index (χ0n) is 14.2. The summed E-state index contributed by atoms with van der Waals surface area (Å²) in [5, 5.41) is 12.8. The van der Waals surface area contributed by atoms with Crippen LogP contribution < -0.4 is 5.32 Å². The van der Waals surface area contributed by atoms with E-state index in [4.69, 9.17) is 0 Å². The van der Waals surface area contributed by atoms with E-state index in [9.17, 15) is 14.7 Å². The maximum Gasteiger partial charge on any atom is 0.225 e. The van der Waals surface area contributed by atoms with Crippen molar-refractivity contribution in [2.24, 2.45) is 17.8 Å². The van der Waals surface area contributed by atoms with Crippen LogP contribution in [-0.4, -0.2) is 47.1 Å². The van der Waals surface area contributed by atoms with Crippen molar-refractivity contribution < 1.29 is 14.7 Å². The molecular formula is C18H30N2O3. The van der Waals surface area contributed by atoms with Gasteiger partial charge in [-0.2, -0.15) is 0 Å². The first-order chi connectivity index (χ1) is 11.0. The first kappa shape index (κ1) is 16.7. The van der Waals surface area contributed by atoms with Crippen LogP contribution in [0.1, 0.15) is 58.3 Å². The fourth-order valence-electron chi connectivity index (χ4n) is 4.45. The molecule has 3 aliphatic rings. The summed E-state index contributed by atoms with van der Waals surface area (Å²) in [5.74, 6) is 0.878. The van der Waals surface area contributed by atoms with E-state index in [0.29, 0.717) is 25.6 Å². The van der Waals surface area contributed by atoms with Gasteiger partial charge in [0, 0.05) is 31.5 Å². The van der Waals surface area contributed by atoms with E-state index in [2.05, 4.69) is 12.2 Å². The molecular weight excluding hydrogens is 292 g/mol. The summed E-state index contributed by atoms with van der Waals surface area (Å²) < 4.78 is 0. The lowest BCUT2D eigenvalue weighted by molar-refractivity contribution is -0.131. The van der Waals surface area contributed by atoms with Crippen LogP contribution in [0.3, 0.4) is 0 Å². The monoisotopic (exact) mass is 322 g/mol. The van der Waals surface area contributed by atoms with Crippen LogP contribution in [0, 0.1) is 17.8 Å². The normalized spacial score (nSPS) is 38.1. The number of carbonyl (C=O) groups is 2. The first-order valence-corrected chi connectivity index (χ1v) is 9.30. The van der Waals surface area contributed by atoms with E-state index in [1.807, 2.05) is 4.90 Å². The maximum atomic E-state index is 12.4. The van der Waals surface area contributed by atoms with E-state index in [1.165, 1.54) is 12.8 Å². The molecule has 2 N–H and O–H groups in total. The van der Waals surface area contributed by atoms with Crippen LogP contribution in [0.5, 0.6) is 0 Å². The van der Waals surface area contributed by atoms with Crippen molar-refractivity contribution in [3.63, 3.8) is 0 Å². The van der Waals surface area contributed by atoms with Gasteiger partial charge in [0.05, 0.1) is 12.0 Å². The summed E-state index contributed by atoms with van der Waals surface area (Å²) in [4.78, 5) is 26.6. The average molecular weight is 322 g/mol. The molecule has 0 aromatic carbocycles. The molecule has 0 spiro atoms. The molecule has 0 radical (unpaired) electrons. The van der Waals surface area contributed by atoms with Gasteiger partial charge in [-0.15, -0.1) is 0 Å². The van der Waals surface area contributed by atoms with Gasteiger partial charge >= 0.3 is 0 Å². The Labute approximate surface area is 138 Å². The minimum Gasteiger partial charge on any atom is -0.393 e. The van der Waals surface area contributed by atoms with E-state index in [-0.39, 0.29) is 29.8 Å². The highest BCUT2D eigenvalue weighted by Gasteiger charge is 2.39. The number of nitrogens with zero attached hydrogens (tertiary/aromatic N) is 1. The average Bonchev–Trinajstić information content (AvgIpc) is 3.12. The summed E-state index contributed by atoms with van der Waals surface area (Å²) in [6, 6.07) is 0.341. The van der Waals surface area contributed by atoms with Gasteiger partial charge in [0.25, 0.3) is 0 Å². The Bertz CT molecular complexity index is 446. The molecule has 23 heavy (non-hydrogen) atoms. The van der Waals surface area contributed by atoms with E-state index >= 15 is 0 Å². The second-order valence-electron chi connectivity index (χ2n) is 7.86. The van der Waals surface area contributed by atoms with Gasteiger partial charge in [0.15, 0.2) is 0 Å². The van der Waals surface area contributed by atoms with Crippen LogP contribution in [0.15, 0.2) is 0 Å². The lowest BCUT2D eigenvalue weighted by atomic mass is 9.87. The Hall–Kier alpha value is -1.10. The molecule has 1 heterocycles. The zero-order chi connectivity index (χ0) is 16.4. The summed E-state index contributed by atoms with van der Waals surface area (Å²) in [6.07, 6.45) is 7.47. The fourth-order valence-corrected chi connectivity index (χ4v) is 4.45. The van der Waals surface area contributed by atoms with Crippen LogP contribution in [-0.2, 0) is 9.59 Å². The molecule has 3 unspecified atom stereocenters. The molecule has 1 saturated heterocycles. The highest BCUT2D eigenvalue weighted by atomic mass is 16.3. The predicted octanol–water partition coefficient (Wildman–Crippen LogP) is 1.69. The fraction of sp³-hybridized carbons (Fsp3) is 0.889. The minimum absolute atomic E-state index is 0.0101. The van der Waals surface area contributed by atoms with Crippen LogP contribution in [0.25, 0.3) is 0 Å². The Balaban J connectivity index is 1.47. The summed E-state index contributed by atoms with van der Waals surface area (Å²) >= 11 is 0. The molecule has 0 aromatic rings. The number of aliphatic hydroxyl groups is 1. The quantitative estimate of drug-likeness (QED) is 0.827. The number of carbonyl (C=O) groups excluding carboxylic acids is 2. The molecule has 0 aromatic heterocycles. The van der Waals surface area contributed by atoms with Crippen molar-refractivity contribution in [2.45, 2.75) is 70.4 Å². The topological polar surface area (TPSA) is 69.6 Å². The Morgan fingerprint density at radius 2 is 1.96 bits per heavy atom. The Morgan fingerprint density at radius 3 is 2.61 bits per heavy atom. The minimum atomic E-state index is -0.277. The number of nitrogens with one attached hydrogen (secondary N) is 1. The number of hydrogen-bond acceptors (Lipinski definition) is 3. The molecule has 130 valence electrons. The standard InChI is InChI=1S/C18H30N2O3/c1-12-5-7-15(8-6-12)20-11-14(9-17(20)22)18(23)19-10-13-3-2-4-16(13)21/h12-16,21H,2-11H2,1H3,(H,19,23). The largest absolute Gasteiger partial charge is 0.393 e. The molecule has 3 fully saturated rings. The van der Waals surface area contributed by atoms with Gasteiger partial charge < -0.3 is 15.3 Å². The second kappa shape index (κ2) is 7.20. The molecule has 5 nitrogen and oxygen atoms in total. The van der Waals surface area contributed by atoms with Gasteiger partial charge in [-0.25, -0.2) is 0 Å². The molecule has 3 atom stereocenters. The van der Waals surface area contributed by atoms with Crippen LogP contribution in [0.2, 0.25) is 0 Å². The second-order valence-corrected chi connectivity index (χ2v) is 7.86.